The van der Waals surface area contributed by atoms with Crippen LogP contribution in [0.2, 0.25) is 0 Å². The number of aromatic nitrogens is 1. The van der Waals surface area contributed by atoms with Crippen molar-refractivity contribution in [3.05, 3.63) is 102 Å². The van der Waals surface area contributed by atoms with Gasteiger partial charge in [-0.15, -0.1) is 0 Å². The van der Waals surface area contributed by atoms with Crippen LogP contribution in [0.5, 0.6) is 0 Å². The molecule has 0 aliphatic carbocycles. The van der Waals surface area contributed by atoms with E-state index in [-0.39, 0.29) is 31.5 Å². The molecule has 0 spiro atoms. The second-order valence-electron chi connectivity index (χ2n) is 8.79. The minimum atomic E-state index is -1.54. The number of carbonyl (C=O) groups excluding carboxylic acids is 3. The molecule has 1 aromatic heterocycles. The van der Waals surface area contributed by atoms with Crippen LogP contribution >= 0.6 is 0 Å². The van der Waals surface area contributed by atoms with Crippen LogP contribution < -0.4 is 0 Å². The number of aliphatic hydroxyl groups excluding tert-OH is 1. The molecule has 0 bridgehead atoms. The molecule has 8 heteroatoms. The smallest absolute Gasteiger partial charge is 0.241 e. The maximum Gasteiger partial charge on any atom is 0.241 e. The molecule has 1 N–H and O–H groups in total. The molecule has 3 amide bonds. The van der Waals surface area contributed by atoms with Gasteiger partial charge in [-0.05, 0) is 34.9 Å². The Kier molecular flexibility index (Phi) is 7.02. The number of likely N-dealkylation sites (tertiary alicyclic amines) is 1. The molecule has 2 aromatic carbocycles. The van der Waals surface area contributed by atoms with Crippen molar-refractivity contribution in [3.63, 3.8) is 0 Å². The zero-order chi connectivity index (χ0) is 25.0. The van der Waals surface area contributed by atoms with Crippen molar-refractivity contribution in [2.24, 2.45) is 0 Å². The van der Waals surface area contributed by atoms with Gasteiger partial charge in [0.15, 0.2) is 0 Å². The molecular weight excluding hydrogens is 449 g/mol. The second-order valence-corrected chi connectivity index (χ2v) is 8.79. The number of rotatable bonds is 8. The second kappa shape index (κ2) is 10.1. The zero-order valence-electron chi connectivity index (χ0n) is 19.3. The number of imide groups is 1. The fourth-order valence-corrected chi connectivity index (χ4v) is 4.42. The summed E-state index contributed by atoms with van der Waals surface area (Å²) < 4.78 is 14.2. The number of hydrogen-bond donors (Lipinski definition) is 1. The van der Waals surface area contributed by atoms with Crippen LogP contribution in [0.25, 0.3) is 0 Å². The van der Waals surface area contributed by atoms with Crippen molar-refractivity contribution in [2.45, 2.75) is 30.9 Å². The van der Waals surface area contributed by atoms with E-state index in [0.29, 0.717) is 11.1 Å². The third-order valence-corrected chi connectivity index (χ3v) is 6.36. The van der Waals surface area contributed by atoms with Crippen LogP contribution in [-0.2, 0) is 26.3 Å². The minimum Gasteiger partial charge on any atom is -0.387 e. The lowest BCUT2D eigenvalue weighted by Crippen LogP contribution is -2.43. The van der Waals surface area contributed by atoms with E-state index in [9.17, 15) is 23.9 Å². The molecule has 0 saturated carbocycles. The Bertz CT molecular complexity index is 1220. The first-order valence-corrected chi connectivity index (χ1v) is 11.3. The van der Waals surface area contributed by atoms with Gasteiger partial charge in [0.05, 0.1) is 24.6 Å². The first-order valence-electron chi connectivity index (χ1n) is 11.3. The monoisotopic (exact) mass is 475 g/mol. The molecule has 0 radical (unpaired) electrons. The van der Waals surface area contributed by atoms with E-state index < -0.39 is 35.1 Å². The van der Waals surface area contributed by atoms with Gasteiger partial charge in [-0.3, -0.25) is 24.3 Å². The van der Waals surface area contributed by atoms with Crippen molar-refractivity contribution in [3.8, 4) is 0 Å². The van der Waals surface area contributed by atoms with Crippen LogP contribution in [-0.4, -0.2) is 51.2 Å². The molecule has 1 saturated heterocycles. The van der Waals surface area contributed by atoms with Crippen LogP contribution in [0.4, 0.5) is 4.39 Å². The number of aliphatic hydroxyl groups is 1. The highest BCUT2D eigenvalue weighted by Gasteiger charge is 2.54. The topological polar surface area (TPSA) is 90.8 Å². The lowest BCUT2D eigenvalue weighted by Gasteiger charge is -2.30. The van der Waals surface area contributed by atoms with Gasteiger partial charge in [0.2, 0.25) is 17.7 Å². The summed E-state index contributed by atoms with van der Waals surface area (Å²) in [5, 5.41) is 10.5. The molecule has 0 unspecified atom stereocenters. The Morgan fingerprint density at radius 2 is 1.91 bits per heavy atom. The number of hydrogen-bond acceptors (Lipinski definition) is 5. The van der Waals surface area contributed by atoms with Crippen molar-refractivity contribution >= 4 is 17.7 Å². The maximum absolute atomic E-state index is 14.2. The summed E-state index contributed by atoms with van der Waals surface area (Å²) >= 11 is 0. The van der Waals surface area contributed by atoms with Gasteiger partial charge >= 0.3 is 0 Å². The Hall–Kier alpha value is -3.91. The molecule has 1 aliphatic heterocycles. The van der Waals surface area contributed by atoms with Gasteiger partial charge in [-0.25, -0.2) is 4.39 Å². The average Bonchev–Trinajstić information content (AvgIpc) is 3.10. The molecule has 180 valence electrons. The van der Waals surface area contributed by atoms with Crippen molar-refractivity contribution in [1.29, 1.82) is 0 Å². The molecule has 4 rings (SSSR count). The summed E-state index contributed by atoms with van der Waals surface area (Å²) in [5.41, 5.74) is 0.0556. The van der Waals surface area contributed by atoms with Crippen molar-refractivity contribution in [1.82, 2.24) is 14.8 Å². The summed E-state index contributed by atoms with van der Waals surface area (Å²) in [6.07, 6.45) is 1.65. The highest BCUT2D eigenvalue weighted by molar-refractivity contribution is 6.10. The molecule has 1 aliphatic rings. The van der Waals surface area contributed by atoms with Gasteiger partial charge in [-0.1, -0.05) is 48.5 Å². The SMILES string of the molecule is CN(C[C@@H](O)c1ccccc1)C(=O)C[C@@]1(c2cccc(F)c2)CC(=O)N(Cc2cccnc2)C1=O. The van der Waals surface area contributed by atoms with Crippen LogP contribution in [0.3, 0.4) is 0 Å². The number of nitrogens with zero attached hydrogens (tertiary/aromatic N) is 3. The van der Waals surface area contributed by atoms with Crippen molar-refractivity contribution < 1.29 is 23.9 Å². The summed E-state index contributed by atoms with van der Waals surface area (Å²) in [7, 11) is 1.53. The van der Waals surface area contributed by atoms with E-state index in [1.165, 1.54) is 30.1 Å². The van der Waals surface area contributed by atoms with E-state index in [1.54, 1.807) is 54.9 Å². The van der Waals surface area contributed by atoms with Gasteiger partial charge in [-0.2, -0.15) is 0 Å². The molecule has 2 heterocycles. The first-order chi connectivity index (χ1) is 16.8. The molecular formula is C27H26FN3O4. The summed E-state index contributed by atoms with van der Waals surface area (Å²) in [6.45, 7) is 0.0168. The van der Waals surface area contributed by atoms with E-state index in [1.807, 2.05) is 6.07 Å². The van der Waals surface area contributed by atoms with Gasteiger partial charge in [0, 0.05) is 32.3 Å². The number of benzene rings is 2. The predicted octanol–water partition coefficient (Wildman–Crippen LogP) is 3.00. The third kappa shape index (κ3) is 5.12. The van der Waals surface area contributed by atoms with Gasteiger partial charge in [0.1, 0.15) is 5.82 Å². The third-order valence-electron chi connectivity index (χ3n) is 6.36. The standard InChI is InChI=1S/C27H26FN3O4/c1-30(18-23(32)20-8-3-2-4-9-20)24(33)14-27(21-10-5-11-22(28)13-21)15-25(34)31(26(27)35)17-19-7-6-12-29-16-19/h2-13,16,23,32H,14-15,17-18H2,1H3/t23-,27+/m1/s1. The first kappa shape index (κ1) is 24.2. The molecule has 35 heavy (non-hydrogen) atoms. The number of carbonyl (C=O) groups is 3. The summed E-state index contributed by atoms with van der Waals surface area (Å²) in [5.74, 6) is -1.99. The van der Waals surface area contributed by atoms with E-state index in [0.717, 1.165) is 4.90 Å². The van der Waals surface area contributed by atoms with Crippen molar-refractivity contribution in [2.75, 3.05) is 13.6 Å². The fourth-order valence-electron chi connectivity index (χ4n) is 4.42. The fraction of sp³-hybridized carbons (Fsp3) is 0.259. The normalized spacial score (nSPS) is 18.5. The highest BCUT2D eigenvalue weighted by atomic mass is 19.1. The Morgan fingerprint density at radius 1 is 1.14 bits per heavy atom. The molecule has 1 fully saturated rings. The number of halogens is 1. The van der Waals surface area contributed by atoms with E-state index in [2.05, 4.69) is 4.98 Å². The van der Waals surface area contributed by atoms with Crippen LogP contribution in [0.15, 0.2) is 79.1 Å². The summed E-state index contributed by atoms with van der Waals surface area (Å²) in [6, 6.07) is 17.8. The number of pyridine rings is 1. The summed E-state index contributed by atoms with van der Waals surface area (Å²) in [4.78, 5) is 46.4. The van der Waals surface area contributed by atoms with Gasteiger partial charge < -0.3 is 10.0 Å². The van der Waals surface area contributed by atoms with E-state index >= 15 is 0 Å². The number of likely N-dealkylation sites (N-methyl/N-ethyl adjacent to an activating group) is 1. The van der Waals surface area contributed by atoms with E-state index in [4.69, 9.17) is 0 Å². The highest BCUT2D eigenvalue weighted by Crippen LogP contribution is 2.41. The quantitative estimate of drug-likeness (QED) is 0.506. The Balaban J connectivity index is 1.60. The maximum atomic E-state index is 14.2. The Morgan fingerprint density at radius 3 is 2.60 bits per heavy atom. The largest absolute Gasteiger partial charge is 0.387 e. The molecule has 2 atom stereocenters. The zero-order valence-corrected chi connectivity index (χ0v) is 19.3. The average molecular weight is 476 g/mol. The van der Waals surface area contributed by atoms with Gasteiger partial charge in [0.25, 0.3) is 0 Å². The van der Waals surface area contributed by atoms with Crippen LogP contribution in [0.1, 0.15) is 35.6 Å². The lowest BCUT2D eigenvalue weighted by atomic mass is 9.75. The molecule has 3 aromatic rings. The van der Waals surface area contributed by atoms with Crippen LogP contribution in [0, 0.1) is 5.82 Å². The predicted molar refractivity (Wildman–Crippen MR) is 126 cm³/mol. The molecule has 7 nitrogen and oxygen atoms in total. The minimum absolute atomic E-state index is 0.00358. The Labute approximate surface area is 202 Å². The lowest BCUT2D eigenvalue weighted by molar-refractivity contribution is -0.143. The number of amides is 3.